The quantitative estimate of drug-likeness (QED) is 0.817. The SMILES string of the molecule is CN(C)C1N=C(N)SC1C(=O)c1ccccc1. The predicted molar refractivity (Wildman–Crippen MR) is 71.2 cm³/mol. The smallest absolute Gasteiger partial charge is 0.179 e. The van der Waals surface area contributed by atoms with Crippen LogP contribution in [0.2, 0.25) is 0 Å². The normalized spacial score (nSPS) is 23.8. The van der Waals surface area contributed by atoms with Gasteiger partial charge in [-0.25, -0.2) is 4.99 Å². The molecule has 1 aromatic rings. The number of Topliss-reactive ketones (excluding diaryl/α,β-unsaturated/α-hetero) is 1. The standard InChI is InChI=1S/C12H15N3OS/c1-15(2)11-10(17-12(13)14-11)9(16)8-6-4-3-5-7-8/h3-7,10-11H,1-2H3,(H2,13,14). The van der Waals surface area contributed by atoms with E-state index in [4.69, 9.17) is 5.73 Å². The van der Waals surface area contributed by atoms with E-state index in [0.29, 0.717) is 10.7 Å². The van der Waals surface area contributed by atoms with Gasteiger partial charge in [-0.3, -0.25) is 9.69 Å². The summed E-state index contributed by atoms with van der Waals surface area (Å²) in [6, 6.07) is 9.27. The van der Waals surface area contributed by atoms with Crippen molar-refractivity contribution in [1.82, 2.24) is 4.90 Å². The lowest BCUT2D eigenvalue weighted by atomic mass is 10.1. The highest BCUT2D eigenvalue weighted by Crippen LogP contribution is 2.29. The molecule has 90 valence electrons. The molecule has 2 N–H and O–H groups in total. The van der Waals surface area contributed by atoms with Crippen molar-refractivity contribution in [2.75, 3.05) is 14.1 Å². The molecule has 0 amide bonds. The van der Waals surface area contributed by atoms with E-state index in [9.17, 15) is 4.79 Å². The maximum atomic E-state index is 12.3. The van der Waals surface area contributed by atoms with Gasteiger partial charge in [0.2, 0.25) is 0 Å². The number of aliphatic imine (C=N–C) groups is 1. The molecule has 2 rings (SSSR count). The Hall–Kier alpha value is -1.33. The zero-order chi connectivity index (χ0) is 12.4. The number of amidine groups is 1. The number of ketones is 1. The Morgan fingerprint density at radius 1 is 1.35 bits per heavy atom. The van der Waals surface area contributed by atoms with E-state index in [0.717, 1.165) is 0 Å². The maximum Gasteiger partial charge on any atom is 0.179 e. The van der Waals surface area contributed by atoms with Crippen molar-refractivity contribution >= 4 is 22.7 Å². The first kappa shape index (κ1) is 12.1. The number of rotatable bonds is 3. The van der Waals surface area contributed by atoms with Crippen molar-refractivity contribution in [2.45, 2.75) is 11.4 Å². The number of hydrogen-bond donors (Lipinski definition) is 1. The molecule has 0 bridgehead atoms. The first-order valence-corrected chi connectivity index (χ1v) is 6.23. The van der Waals surface area contributed by atoms with Crippen molar-refractivity contribution in [3.63, 3.8) is 0 Å². The van der Waals surface area contributed by atoms with Crippen LogP contribution in [0.3, 0.4) is 0 Å². The lowest BCUT2D eigenvalue weighted by Gasteiger charge is -2.21. The van der Waals surface area contributed by atoms with E-state index in [-0.39, 0.29) is 17.2 Å². The summed E-state index contributed by atoms with van der Waals surface area (Å²) in [7, 11) is 3.80. The van der Waals surface area contributed by atoms with Gasteiger partial charge in [0.15, 0.2) is 11.0 Å². The molecular weight excluding hydrogens is 234 g/mol. The molecule has 0 spiro atoms. The average molecular weight is 249 g/mol. The molecule has 0 saturated carbocycles. The van der Waals surface area contributed by atoms with Crippen molar-refractivity contribution < 1.29 is 4.79 Å². The fourth-order valence-electron chi connectivity index (χ4n) is 1.76. The van der Waals surface area contributed by atoms with Crippen LogP contribution in [-0.4, -0.2) is 41.4 Å². The van der Waals surface area contributed by atoms with Gasteiger partial charge in [0.25, 0.3) is 0 Å². The summed E-state index contributed by atoms with van der Waals surface area (Å²) in [6.45, 7) is 0. The molecule has 0 fully saturated rings. The Morgan fingerprint density at radius 2 is 2.00 bits per heavy atom. The molecule has 0 radical (unpaired) electrons. The van der Waals surface area contributed by atoms with E-state index in [1.807, 2.05) is 49.3 Å². The molecule has 4 nitrogen and oxygen atoms in total. The van der Waals surface area contributed by atoms with E-state index in [1.165, 1.54) is 11.8 Å². The first-order chi connectivity index (χ1) is 8.09. The number of nitrogens with two attached hydrogens (primary N) is 1. The molecule has 17 heavy (non-hydrogen) atoms. The lowest BCUT2D eigenvalue weighted by Crippen LogP contribution is -2.37. The fraction of sp³-hybridized carbons (Fsp3) is 0.333. The zero-order valence-electron chi connectivity index (χ0n) is 9.83. The van der Waals surface area contributed by atoms with E-state index < -0.39 is 0 Å². The van der Waals surface area contributed by atoms with Crippen molar-refractivity contribution in [3.8, 4) is 0 Å². The van der Waals surface area contributed by atoms with Gasteiger partial charge in [-0.1, -0.05) is 42.1 Å². The van der Waals surface area contributed by atoms with Crippen LogP contribution in [-0.2, 0) is 0 Å². The number of hydrogen-bond acceptors (Lipinski definition) is 5. The van der Waals surface area contributed by atoms with Crippen LogP contribution < -0.4 is 5.73 Å². The summed E-state index contributed by atoms with van der Waals surface area (Å²) in [5.74, 6) is 0.0819. The largest absolute Gasteiger partial charge is 0.378 e. The van der Waals surface area contributed by atoms with Crippen LogP contribution in [0.5, 0.6) is 0 Å². The van der Waals surface area contributed by atoms with Gasteiger partial charge in [0, 0.05) is 5.56 Å². The number of carbonyl (C=O) groups excluding carboxylic acids is 1. The van der Waals surface area contributed by atoms with Gasteiger partial charge in [-0.2, -0.15) is 0 Å². The van der Waals surface area contributed by atoms with Gasteiger partial charge < -0.3 is 5.73 Å². The molecule has 1 aliphatic rings. The molecule has 0 aromatic heterocycles. The summed E-state index contributed by atoms with van der Waals surface area (Å²) in [6.07, 6.45) is -0.173. The second-order valence-electron chi connectivity index (χ2n) is 4.11. The monoisotopic (exact) mass is 249 g/mol. The minimum absolute atomic E-state index is 0.0819. The number of carbonyl (C=O) groups is 1. The Morgan fingerprint density at radius 3 is 2.59 bits per heavy atom. The van der Waals surface area contributed by atoms with Crippen molar-refractivity contribution in [3.05, 3.63) is 35.9 Å². The van der Waals surface area contributed by atoms with Gasteiger partial charge in [-0.15, -0.1) is 0 Å². The number of benzene rings is 1. The maximum absolute atomic E-state index is 12.3. The second-order valence-corrected chi connectivity index (χ2v) is 5.28. The summed E-state index contributed by atoms with van der Waals surface area (Å²) in [5.41, 5.74) is 6.41. The summed E-state index contributed by atoms with van der Waals surface area (Å²) in [4.78, 5) is 18.5. The molecule has 0 saturated heterocycles. The van der Waals surface area contributed by atoms with Crippen LogP contribution in [0.15, 0.2) is 35.3 Å². The molecule has 2 unspecified atom stereocenters. The topological polar surface area (TPSA) is 58.7 Å². The van der Waals surface area contributed by atoms with Crippen LogP contribution >= 0.6 is 11.8 Å². The van der Waals surface area contributed by atoms with E-state index in [2.05, 4.69) is 4.99 Å². The fourth-order valence-corrected chi connectivity index (χ4v) is 2.86. The molecule has 0 aliphatic carbocycles. The Balaban J connectivity index is 2.21. The molecule has 2 atom stereocenters. The summed E-state index contributed by atoms with van der Waals surface area (Å²) < 4.78 is 0. The second kappa shape index (κ2) is 4.89. The van der Waals surface area contributed by atoms with Crippen LogP contribution in [0.1, 0.15) is 10.4 Å². The molecule has 1 aromatic carbocycles. The van der Waals surface area contributed by atoms with Crippen LogP contribution in [0.25, 0.3) is 0 Å². The Kier molecular flexibility index (Phi) is 3.49. The highest BCUT2D eigenvalue weighted by atomic mass is 32.2. The predicted octanol–water partition coefficient (Wildman–Crippen LogP) is 1.19. The number of nitrogens with zero attached hydrogens (tertiary/aromatic N) is 2. The third-order valence-electron chi connectivity index (χ3n) is 2.62. The first-order valence-electron chi connectivity index (χ1n) is 5.35. The van der Waals surface area contributed by atoms with Crippen molar-refractivity contribution in [1.29, 1.82) is 0 Å². The Bertz CT molecular complexity index is 444. The molecule has 1 aliphatic heterocycles. The third-order valence-corrected chi connectivity index (χ3v) is 3.68. The molecule has 1 heterocycles. The van der Waals surface area contributed by atoms with E-state index in [1.54, 1.807) is 0 Å². The summed E-state index contributed by atoms with van der Waals surface area (Å²) >= 11 is 1.34. The zero-order valence-corrected chi connectivity index (χ0v) is 10.6. The van der Waals surface area contributed by atoms with Gasteiger partial charge in [0.1, 0.15) is 11.4 Å². The average Bonchev–Trinajstić information content (AvgIpc) is 2.72. The van der Waals surface area contributed by atoms with Crippen LogP contribution in [0, 0.1) is 0 Å². The molecular formula is C12H15N3OS. The highest BCUT2D eigenvalue weighted by Gasteiger charge is 2.36. The third kappa shape index (κ3) is 2.50. The van der Waals surface area contributed by atoms with E-state index >= 15 is 0 Å². The highest BCUT2D eigenvalue weighted by molar-refractivity contribution is 8.15. The minimum atomic E-state index is -0.243. The molecule has 5 heteroatoms. The Labute approximate surface area is 105 Å². The van der Waals surface area contributed by atoms with Gasteiger partial charge in [-0.05, 0) is 14.1 Å². The van der Waals surface area contributed by atoms with Gasteiger partial charge >= 0.3 is 0 Å². The number of thioether (sulfide) groups is 1. The summed E-state index contributed by atoms with van der Waals surface area (Å²) in [5, 5.41) is 0.241. The van der Waals surface area contributed by atoms with Crippen LogP contribution in [0.4, 0.5) is 0 Å². The lowest BCUT2D eigenvalue weighted by molar-refractivity contribution is 0.0959. The van der Waals surface area contributed by atoms with Crippen molar-refractivity contribution in [2.24, 2.45) is 10.7 Å². The minimum Gasteiger partial charge on any atom is -0.378 e. The van der Waals surface area contributed by atoms with Gasteiger partial charge in [0.05, 0.1) is 0 Å².